The maximum atomic E-state index is 3.71. The number of nitrogens with one attached hydrogen (secondary N) is 1. The fraction of sp³-hybridized carbons (Fsp3) is 0.647. The van der Waals surface area contributed by atoms with Gasteiger partial charge in [0.05, 0.1) is 0 Å². The van der Waals surface area contributed by atoms with Gasteiger partial charge in [0.15, 0.2) is 0 Å². The Morgan fingerprint density at radius 1 is 1.25 bits per heavy atom. The molecule has 0 radical (unpaired) electrons. The molecule has 0 bridgehead atoms. The molecule has 0 aliphatic carbocycles. The summed E-state index contributed by atoms with van der Waals surface area (Å²) < 4.78 is 1.23. The molecule has 1 aliphatic rings. The van der Waals surface area contributed by atoms with Crippen LogP contribution in [0, 0.1) is 5.92 Å². The third kappa shape index (κ3) is 4.23. The van der Waals surface area contributed by atoms with Crippen molar-refractivity contribution in [3.05, 3.63) is 28.2 Å². The van der Waals surface area contributed by atoms with Crippen LogP contribution in [0.1, 0.15) is 45.1 Å². The van der Waals surface area contributed by atoms with Crippen LogP contribution >= 0.6 is 15.9 Å². The maximum absolute atomic E-state index is 3.71. The van der Waals surface area contributed by atoms with Gasteiger partial charge in [-0.15, -0.1) is 0 Å². The lowest BCUT2D eigenvalue weighted by Crippen LogP contribution is -2.33. The third-order valence-electron chi connectivity index (χ3n) is 4.28. The van der Waals surface area contributed by atoms with E-state index < -0.39 is 0 Å². The van der Waals surface area contributed by atoms with E-state index in [9.17, 15) is 0 Å². The Hall–Kier alpha value is -0.540. The summed E-state index contributed by atoms with van der Waals surface area (Å²) >= 11 is 3.71. The Balaban J connectivity index is 1.95. The minimum absolute atomic E-state index is 0.940. The van der Waals surface area contributed by atoms with Crippen LogP contribution in [0.3, 0.4) is 0 Å². The van der Waals surface area contributed by atoms with Gasteiger partial charge in [-0.3, -0.25) is 0 Å². The lowest BCUT2D eigenvalue weighted by atomic mass is 9.92. The van der Waals surface area contributed by atoms with Gasteiger partial charge in [0.25, 0.3) is 0 Å². The van der Waals surface area contributed by atoms with Crippen LogP contribution in [0.15, 0.2) is 22.7 Å². The van der Waals surface area contributed by atoms with Gasteiger partial charge in [0.2, 0.25) is 0 Å². The van der Waals surface area contributed by atoms with Crippen LogP contribution in [0.5, 0.6) is 0 Å². The normalized spacial score (nSPS) is 16.6. The summed E-state index contributed by atoms with van der Waals surface area (Å²) in [6.45, 7) is 8.82. The zero-order valence-electron chi connectivity index (χ0n) is 12.8. The fourth-order valence-corrected chi connectivity index (χ4v) is 3.53. The van der Waals surface area contributed by atoms with Crippen LogP contribution in [0.2, 0.25) is 0 Å². The number of halogens is 1. The average molecular weight is 339 g/mol. The largest absolute Gasteiger partial charge is 0.371 e. The van der Waals surface area contributed by atoms with Crippen molar-refractivity contribution in [3.63, 3.8) is 0 Å². The number of rotatable bonds is 6. The lowest BCUT2D eigenvalue weighted by Gasteiger charge is -2.33. The van der Waals surface area contributed by atoms with Gasteiger partial charge in [0, 0.05) is 29.8 Å². The molecular formula is C17H27BrN2. The van der Waals surface area contributed by atoms with Gasteiger partial charge in [0.1, 0.15) is 0 Å². The molecule has 0 aromatic heterocycles. The first kappa shape index (κ1) is 15.8. The Labute approximate surface area is 132 Å². The molecule has 1 fully saturated rings. The van der Waals surface area contributed by atoms with E-state index in [2.05, 4.69) is 58.2 Å². The standard InChI is InChI=1S/C17H27BrN2/c1-3-5-14-8-10-20(11-9-14)16-7-6-15(13-19-4-2)17(18)12-16/h6-7,12,14,19H,3-5,8-11,13H2,1-2H3. The highest BCUT2D eigenvalue weighted by Gasteiger charge is 2.19. The molecule has 0 atom stereocenters. The monoisotopic (exact) mass is 338 g/mol. The van der Waals surface area contributed by atoms with Gasteiger partial charge in [-0.1, -0.05) is 48.7 Å². The van der Waals surface area contributed by atoms with E-state index in [1.54, 1.807) is 0 Å². The third-order valence-corrected chi connectivity index (χ3v) is 5.02. The first-order valence-corrected chi connectivity index (χ1v) is 8.78. The first-order valence-electron chi connectivity index (χ1n) is 7.98. The summed E-state index contributed by atoms with van der Waals surface area (Å²) in [5.74, 6) is 0.952. The predicted octanol–water partition coefficient (Wildman–Crippen LogP) is 4.58. The van der Waals surface area contributed by atoms with Crippen molar-refractivity contribution in [2.24, 2.45) is 5.92 Å². The molecule has 112 valence electrons. The summed E-state index contributed by atoms with van der Waals surface area (Å²) in [6, 6.07) is 6.81. The zero-order chi connectivity index (χ0) is 14.4. The van der Waals surface area contributed by atoms with Crippen LogP contribution in [0.4, 0.5) is 5.69 Å². The van der Waals surface area contributed by atoms with E-state index in [1.807, 2.05) is 0 Å². The van der Waals surface area contributed by atoms with Crippen molar-refractivity contribution < 1.29 is 0 Å². The molecule has 0 spiro atoms. The maximum Gasteiger partial charge on any atom is 0.0377 e. The molecule has 0 amide bonds. The number of hydrogen-bond donors (Lipinski definition) is 1. The second-order valence-corrected chi connectivity index (χ2v) is 6.63. The van der Waals surface area contributed by atoms with E-state index in [0.717, 1.165) is 19.0 Å². The number of hydrogen-bond acceptors (Lipinski definition) is 2. The molecular weight excluding hydrogens is 312 g/mol. The first-order chi connectivity index (χ1) is 9.74. The van der Waals surface area contributed by atoms with E-state index in [-0.39, 0.29) is 0 Å². The van der Waals surface area contributed by atoms with Gasteiger partial charge < -0.3 is 10.2 Å². The zero-order valence-corrected chi connectivity index (χ0v) is 14.4. The van der Waals surface area contributed by atoms with Crippen molar-refractivity contribution in [1.82, 2.24) is 5.32 Å². The quantitative estimate of drug-likeness (QED) is 0.816. The molecule has 1 N–H and O–H groups in total. The van der Waals surface area contributed by atoms with Crippen LogP contribution in [-0.2, 0) is 6.54 Å². The van der Waals surface area contributed by atoms with E-state index in [4.69, 9.17) is 0 Å². The highest BCUT2D eigenvalue weighted by Crippen LogP contribution is 2.29. The predicted molar refractivity (Wildman–Crippen MR) is 91.4 cm³/mol. The number of anilines is 1. The molecule has 1 saturated heterocycles. The molecule has 1 heterocycles. The van der Waals surface area contributed by atoms with Crippen molar-refractivity contribution in [2.75, 3.05) is 24.5 Å². The fourth-order valence-electron chi connectivity index (χ4n) is 3.02. The molecule has 0 unspecified atom stereocenters. The van der Waals surface area contributed by atoms with E-state index >= 15 is 0 Å². The highest BCUT2D eigenvalue weighted by atomic mass is 79.9. The highest BCUT2D eigenvalue weighted by molar-refractivity contribution is 9.10. The molecule has 3 heteroatoms. The SMILES string of the molecule is CCCC1CCN(c2ccc(CNCC)c(Br)c2)CC1. The molecule has 0 saturated carbocycles. The Bertz CT molecular complexity index is 411. The van der Waals surface area contributed by atoms with E-state index in [0.29, 0.717) is 0 Å². The summed E-state index contributed by atoms with van der Waals surface area (Å²) in [4.78, 5) is 2.54. The van der Waals surface area contributed by atoms with Crippen molar-refractivity contribution in [3.8, 4) is 0 Å². The molecule has 20 heavy (non-hydrogen) atoms. The second-order valence-electron chi connectivity index (χ2n) is 5.78. The molecule has 1 aromatic carbocycles. The van der Waals surface area contributed by atoms with Crippen molar-refractivity contribution in [2.45, 2.75) is 46.1 Å². The summed E-state index contributed by atoms with van der Waals surface area (Å²) in [5, 5.41) is 3.38. The summed E-state index contributed by atoms with van der Waals surface area (Å²) in [6.07, 6.45) is 5.43. The summed E-state index contributed by atoms with van der Waals surface area (Å²) in [5.41, 5.74) is 2.71. The Morgan fingerprint density at radius 3 is 2.60 bits per heavy atom. The Kier molecular flexibility index (Phi) is 6.37. The number of nitrogens with zero attached hydrogens (tertiary/aromatic N) is 1. The van der Waals surface area contributed by atoms with Crippen LogP contribution in [0.25, 0.3) is 0 Å². The molecule has 2 rings (SSSR count). The van der Waals surface area contributed by atoms with Crippen molar-refractivity contribution in [1.29, 1.82) is 0 Å². The van der Waals surface area contributed by atoms with Crippen molar-refractivity contribution >= 4 is 21.6 Å². The second kappa shape index (κ2) is 8.04. The number of benzene rings is 1. The number of piperidine rings is 1. The molecule has 2 nitrogen and oxygen atoms in total. The summed E-state index contributed by atoms with van der Waals surface area (Å²) in [7, 11) is 0. The van der Waals surface area contributed by atoms with Crippen LogP contribution < -0.4 is 10.2 Å². The van der Waals surface area contributed by atoms with Gasteiger partial charge in [-0.2, -0.15) is 0 Å². The Morgan fingerprint density at radius 2 is 2.00 bits per heavy atom. The van der Waals surface area contributed by atoms with Gasteiger partial charge in [-0.05, 0) is 43.0 Å². The van der Waals surface area contributed by atoms with E-state index in [1.165, 1.54) is 54.5 Å². The minimum atomic E-state index is 0.940. The topological polar surface area (TPSA) is 15.3 Å². The molecule has 1 aromatic rings. The lowest BCUT2D eigenvalue weighted by molar-refractivity contribution is 0.378. The average Bonchev–Trinajstić information content (AvgIpc) is 2.47. The molecule has 1 aliphatic heterocycles. The van der Waals surface area contributed by atoms with Gasteiger partial charge >= 0.3 is 0 Å². The smallest absolute Gasteiger partial charge is 0.0377 e. The minimum Gasteiger partial charge on any atom is -0.371 e. The van der Waals surface area contributed by atoms with Gasteiger partial charge in [-0.25, -0.2) is 0 Å². The van der Waals surface area contributed by atoms with Crippen LogP contribution in [-0.4, -0.2) is 19.6 Å².